The van der Waals surface area contributed by atoms with Crippen molar-refractivity contribution in [2.75, 3.05) is 36.0 Å². The molecule has 2 fully saturated rings. The summed E-state index contributed by atoms with van der Waals surface area (Å²) < 4.78 is 20.1. The Hall–Kier alpha value is -3.24. The molecule has 0 saturated carbocycles. The number of hydrogen-bond acceptors (Lipinski definition) is 7. The number of rotatable bonds is 5. The minimum Gasteiger partial charge on any atom is -0.442 e. The summed E-state index contributed by atoms with van der Waals surface area (Å²) in [5, 5.41) is 14.9. The van der Waals surface area contributed by atoms with E-state index in [9.17, 15) is 14.0 Å². The molecule has 0 spiro atoms. The van der Waals surface area contributed by atoms with E-state index in [-0.39, 0.29) is 30.7 Å². The molecule has 160 valence electrons. The lowest BCUT2D eigenvalue weighted by molar-refractivity contribution is -0.119. The molecule has 1 aromatic heterocycles. The zero-order valence-electron chi connectivity index (χ0n) is 16.9. The lowest BCUT2D eigenvalue weighted by Gasteiger charge is -2.32. The third-order valence-electron chi connectivity index (χ3n) is 5.42. The third-order valence-corrected chi connectivity index (χ3v) is 5.42. The van der Waals surface area contributed by atoms with Crippen LogP contribution in [0.4, 0.5) is 20.6 Å². The van der Waals surface area contributed by atoms with Crippen LogP contribution < -0.4 is 15.1 Å². The van der Waals surface area contributed by atoms with Gasteiger partial charge in [-0.25, -0.2) is 9.18 Å². The first kappa shape index (κ1) is 20.0. The number of anilines is 2. The van der Waals surface area contributed by atoms with Gasteiger partial charge in [0, 0.05) is 25.9 Å². The molecule has 1 N–H and O–H groups in total. The molecule has 2 aromatic rings. The molecule has 0 radical (unpaired) electrons. The first-order valence-electron chi connectivity index (χ1n) is 9.91. The largest absolute Gasteiger partial charge is 0.442 e. The van der Waals surface area contributed by atoms with Crippen molar-refractivity contribution in [1.29, 1.82) is 0 Å². The topological polar surface area (TPSA) is 105 Å². The Bertz CT molecular complexity index is 942. The first-order chi connectivity index (χ1) is 14.4. The molecule has 0 unspecified atom stereocenters. The number of piperidine rings is 1. The Morgan fingerprint density at radius 3 is 2.73 bits per heavy atom. The SMILES string of the molecule is CC(=O)NC[C@H]1CN(c2ccc(N3CCC(c4nnn(C)n4)CC3)c(F)c2)C(=O)O1. The van der Waals surface area contributed by atoms with Crippen molar-refractivity contribution in [1.82, 2.24) is 25.5 Å². The molecule has 3 heterocycles. The molecule has 1 atom stereocenters. The van der Waals surface area contributed by atoms with Crippen molar-refractivity contribution >= 4 is 23.4 Å². The zero-order chi connectivity index (χ0) is 21.3. The molecular formula is C19H24FN7O3. The Kier molecular flexibility index (Phi) is 5.51. The van der Waals surface area contributed by atoms with E-state index in [1.165, 1.54) is 22.7 Å². The summed E-state index contributed by atoms with van der Waals surface area (Å²) in [6.07, 6.45) is 0.624. The van der Waals surface area contributed by atoms with Crippen LogP contribution >= 0.6 is 0 Å². The van der Waals surface area contributed by atoms with Gasteiger partial charge in [-0.05, 0) is 36.3 Å². The number of aryl methyl sites for hydroxylation is 1. The van der Waals surface area contributed by atoms with Gasteiger partial charge in [-0.1, -0.05) is 0 Å². The average Bonchev–Trinajstić information content (AvgIpc) is 3.32. The number of ether oxygens (including phenoxy) is 1. The van der Waals surface area contributed by atoms with Crippen LogP contribution in [-0.4, -0.2) is 64.5 Å². The summed E-state index contributed by atoms with van der Waals surface area (Å²) in [4.78, 5) is 28.0. The quantitative estimate of drug-likeness (QED) is 0.779. The number of nitrogens with one attached hydrogen (secondary N) is 1. The Morgan fingerprint density at radius 1 is 1.33 bits per heavy atom. The number of halogens is 1. The number of nitrogens with zero attached hydrogens (tertiary/aromatic N) is 6. The van der Waals surface area contributed by atoms with E-state index >= 15 is 0 Å². The van der Waals surface area contributed by atoms with Crippen molar-refractivity contribution < 1.29 is 18.7 Å². The Balaban J connectivity index is 1.39. The summed E-state index contributed by atoms with van der Waals surface area (Å²) in [7, 11) is 1.74. The van der Waals surface area contributed by atoms with Crippen molar-refractivity contribution in [2.45, 2.75) is 31.8 Å². The highest BCUT2D eigenvalue weighted by Crippen LogP contribution is 2.32. The number of aromatic nitrogens is 4. The van der Waals surface area contributed by atoms with Crippen molar-refractivity contribution in [3.63, 3.8) is 0 Å². The summed E-state index contributed by atoms with van der Waals surface area (Å²) >= 11 is 0. The van der Waals surface area contributed by atoms with Gasteiger partial charge >= 0.3 is 6.09 Å². The fourth-order valence-corrected chi connectivity index (χ4v) is 3.86. The van der Waals surface area contributed by atoms with E-state index in [0.29, 0.717) is 24.5 Å². The maximum absolute atomic E-state index is 14.9. The summed E-state index contributed by atoms with van der Waals surface area (Å²) in [5.41, 5.74) is 0.942. The van der Waals surface area contributed by atoms with Crippen LogP contribution in [0.25, 0.3) is 0 Å². The fourth-order valence-electron chi connectivity index (χ4n) is 3.86. The second-order valence-corrected chi connectivity index (χ2v) is 7.59. The molecule has 2 amide bonds. The summed E-state index contributed by atoms with van der Waals surface area (Å²) in [6.45, 7) is 3.25. The predicted molar refractivity (Wildman–Crippen MR) is 106 cm³/mol. The fraction of sp³-hybridized carbons (Fsp3) is 0.526. The second-order valence-electron chi connectivity index (χ2n) is 7.59. The van der Waals surface area contributed by atoms with Gasteiger partial charge < -0.3 is 15.0 Å². The Labute approximate surface area is 173 Å². The molecule has 0 bridgehead atoms. The number of hydrogen-bond donors (Lipinski definition) is 1. The molecule has 10 nitrogen and oxygen atoms in total. The van der Waals surface area contributed by atoms with Crippen molar-refractivity contribution in [2.24, 2.45) is 7.05 Å². The number of cyclic esters (lactones) is 1. The second kappa shape index (κ2) is 8.25. The van der Waals surface area contributed by atoms with Crippen LogP contribution in [0.3, 0.4) is 0 Å². The van der Waals surface area contributed by atoms with E-state index in [4.69, 9.17) is 4.74 Å². The summed E-state index contributed by atoms with van der Waals surface area (Å²) in [6, 6.07) is 4.77. The van der Waals surface area contributed by atoms with Crippen LogP contribution in [0.5, 0.6) is 0 Å². The maximum atomic E-state index is 14.9. The minimum atomic E-state index is -0.546. The Morgan fingerprint density at radius 2 is 2.10 bits per heavy atom. The number of carbonyl (C=O) groups is 2. The normalized spacial score (nSPS) is 19.8. The predicted octanol–water partition coefficient (Wildman–Crippen LogP) is 1.19. The number of amides is 2. The third kappa shape index (κ3) is 4.19. The van der Waals surface area contributed by atoms with Gasteiger partial charge in [-0.15, -0.1) is 10.2 Å². The molecule has 0 aliphatic carbocycles. The zero-order valence-corrected chi connectivity index (χ0v) is 16.9. The van der Waals surface area contributed by atoms with Gasteiger partial charge in [-0.3, -0.25) is 9.69 Å². The van der Waals surface area contributed by atoms with Crippen LogP contribution in [0.1, 0.15) is 31.5 Å². The van der Waals surface area contributed by atoms with Crippen LogP contribution in [-0.2, 0) is 16.6 Å². The van der Waals surface area contributed by atoms with Crippen LogP contribution in [0, 0.1) is 5.82 Å². The van der Waals surface area contributed by atoms with Gasteiger partial charge in [0.1, 0.15) is 11.9 Å². The maximum Gasteiger partial charge on any atom is 0.414 e. The first-order valence-corrected chi connectivity index (χ1v) is 9.91. The van der Waals surface area contributed by atoms with Gasteiger partial charge in [-0.2, -0.15) is 4.80 Å². The highest BCUT2D eigenvalue weighted by Gasteiger charge is 2.33. The van der Waals surface area contributed by atoms with Gasteiger partial charge in [0.15, 0.2) is 5.82 Å². The smallest absolute Gasteiger partial charge is 0.414 e. The molecule has 2 saturated heterocycles. The minimum absolute atomic E-state index is 0.196. The molecule has 1 aromatic carbocycles. The van der Waals surface area contributed by atoms with E-state index in [2.05, 4.69) is 20.7 Å². The number of tetrazole rings is 1. The number of carbonyl (C=O) groups excluding carboxylic acids is 2. The molecule has 11 heteroatoms. The number of benzene rings is 1. The standard InChI is InChI=1S/C19H24FN7O3/c1-12(28)21-10-15-11-27(19(29)30-15)14-3-4-17(16(20)9-14)26-7-5-13(6-8-26)18-22-24-25(2)23-18/h3-4,9,13,15H,5-8,10-11H2,1-2H3,(H,21,28)/t15-/m0/s1. The lowest BCUT2D eigenvalue weighted by Crippen LogP contribution is -2.34. The molecule has 30 heavy (non-hydrogen) atoms. The van der Waals surface area contributed by atoms with Crippen molar-refractivity contribution in [3.8, 4) is 0 Å². The van der Waals surface area contributed by atoms with Gasteiger partial charge in [0.05, 0.1) is 31.5 Å². The van der Waals surface area contributed by atoms with E-state index in [1.54, 1.807) is 19.2 Å². The average molecular weight is 417 g/mol. The summed E-state index contributed by atoms with van der Waals surface area (Å²) in [5.74, 6) is 0.368. The van der Waals surface area contributed by atoms with Crippen molar-refractivity contribution in [3.05, 3.63) is 29.8 Å². The van der Waals surface area contributed by atoms with Gasteiger partial charge in [0.2, 0.25) is 5.91 Å². The van der Waals surface area contributed by atoms with Crippen LogP contribution in [0.2, 0.25) is 0 Å². The molecule has 2 aliphatic rings. The molecule has 2 aliphatic heterocycles. The van der Waals surface area contributed by atoms with E-state index in [1.807, 2.05) is 4.90 Å². The van der Waals surface area contributed by atoms with Crippen LogP contribution in [0.15, 0.2) is 18.2 Å². The van der Waals surface area contributed by atoms with Gasteiger partial charge in [0.25, 0.3) is 0 Å². The lowest BCUT2D eigenvalue weighted by atomic mass is 9.96. The monoisotopic (exact) mass is 417 g/mol. The van der Waals surface area contributed by atoms with E-state index < -0.39 is 12.2 Å². The van der Waals surface area contributed by atoms with E-state index in [0.717, 1.165) is 18.7 Å². The molecule has 4 rings (SSSR count). The highest BCUT2D eigenvalue weighted by molar-refractivity contribution is 5.90. The molecular weight excluding hydrogens is 393 g/mol. The highest BCUT2D eigenvalue weighted by atomic mass is 19.1.